The van der Waals surface area contributed by atoms with Crippen LogP contribution in [0.1, 0.15) is 11.7 Å². The Morgan fingerprint density at radius 1 is 1.43 bits per heavy atom. The van der Waals surface area contributed by atoms with E-state index in [1.54, 1.807) is 31.3 Å². The summed E-state index contributed by atoms with van der Waals surface area (Å²) in [6.07, 6.45) is -0.554. The van der Waals surface area contributed by atoms with E-state index >= 15 is 0 Å². The quantitative estimate of drug-likeness (QED) is 0.663. The first-order valence-electron chi connectivity index (χ1n) is 4.43. The van der Waals surface area contributed by atoms with Gasteiger partial charge in [0.05, 0.1) is 6.10 Å². The Labute approximate surface area is 87.4 Å². The maximum Gasteiger partial charge on any atom is 0.115 e. The molecule has 0 amide bonds. The van der Waals surface area contributed by atoms with Crippen molar-refractivity contribution in [1.29, 1.82) is 0 Å². The summed E-state index contributed by atoms with van der Waals surface area (Å²) in [6.45, 7) is 2.41. The average Bonchev–Trinajstić information content (AvgIpc) is 2.21. The van der Waals surface area contributed by atoms with Crippen LogP contribution in [0.25, 0.3) is 0 Å². The summed E-state index contributed by atoms with van der Waals surface area (Å²) in [5.41, 5.74) is 0.726. The van der Waals surface area contributed by atoms with Gasteiger partial charge in [-0.15, -0.1) is 9.24 Å². The van der Waals surface area contributed by atoms with Crippen molar-refractivity contribution in [2.24, 2.45) is 0 Å². The zero-order valence-electron chi connectivity index (χ0n) is 8.57. The lowest BCUT2D eigenvalue weighted by molar-refractivity contribution is 0.177. The molecule has 1 aromatic carbocycles. The standard InChI is InChI=1S/C9H13NO2.CH5P/c1-10-6-9(12)7-3-2-4-8(11)5-7;1-2/h2-5,9-12H,6H2,1H3;2H2,1H3. The van der Waals surface area contributed by atoms with E-state index in [0.717, 1.165) is 5.56 Å². The molecule has 1 rings (SSSR count). The van der Waals surface area contributed by atoms with E-state index in [1.807, 2.05) is 6.66 Å². The van der Waals surface area contributed by atoms with Gasteiger partial charge in [-0.25, -0.2) is 0 Å². The monoisotopic (exact) mass is 215 g/mol. The number of aliphatic hydroxyl groups is 1. The second-order valence-corrected chi connectivity index (χ2v) is 2.67. The van der Waals surface area contributed by atoms with E-state index in [9.17, 15) is 5.11 Å². The molecular formula is C10H18NO2P. The smallest absolute Gasteiger partial charge is 0.115 e. The number of benzene rings is 1. The number of phenolic OH excluding ortho intramolecular Hbond substituents is 1. The molecule has 1 aromatic rings. The minimum Gasteiger partial charge on any atom is -0.508 e. The van der Waals surface area contributed by atoms with Gasteiger partial charge in [-0.05, 0) is 24.7 Å². The molecule has 14 heavy (non-hydrogen) atoms. The number of aromatic hydroxyl groups is 1. The van der Waals surface area contributed by atoms with Gasteiger partial charge >= 0.3 is 0 Å². The normalized spacial score (nSPS) is 11.4. The third kappa shape index (κ3) is 4.56. The van der Waals surface area contributed by atoms with Gasteiger partial charge in [0, 0.05) is 6.54 Å². The van der Waals surface area contributed by atoms with Crippen LogP contribution >= 0.6 is 9.24 Å². The van der Waals surface area contributed by atoms with Crippen LogP contribution in [0.5, 0.6) is 5.75 Å². The van der Waals surface area contributed by atoms with E-state index in [2.05, 4.69) is 14.6 Å². The molecule has 0 radical (unpaired) electrons. The van der Waals surface area contributed by atoms with Gasteiger partial charge in [0.2, 0.25) is 0 Å². The maximum atomic E-state index is 9.47. The molecule has 2 unspecified atom stereocenters. The van der Waals surface area contributed by atoms with Crippen molar-refractivity contribution < 1.29 is 10.2 Å². The number of hydrogen-bond acceptors (Lipinski definition) is 3. The number of phenols is 1. The highest BCUT2D eigenvalue weighted by atomic mass is 31.0. The molecule has 0 heterocycles. The lowest BCUT2D eigenvalue weighted by atomic mass is 10.1. The van der Waals surface area contributed by atoms with Gasteiger partial charge in [-0.1, -0.05) is 18.8 Å². The highest BCUT2D eigenvalue weighted by Gasteiger charge is 2.05. The third-order valence-electron chi connectivity index (χ3n) is 1.65. The topological polar surface area (TPSA) is 52.5 Å². The highest BCUT2D eigenvalue weighted by Crippen LogP contribution is 2.17. The summed E-state index contributed by atoms with van der Waals surface area (Å²) < 4.78 is 0. The minimum atomic E-state index is -0.554. The fourth-order valence-corrected chi connectivity index (χ4v) is 1.04. The van der Waals surface area contributed by atoms with Crippen LogP contribution in [0.3, 0.4) is 0 Å². The number of nitrogens with one attached hydrogen (secondary N) is 1. The van der Waals surface area contributed by atoms with Crippen LogP contribution in [0, 0.1) is 0 Å². The molecule has 0 fully saturated rings. The highest BCUT2D eigenvalue weighted by molar-refractivity contribution is 7.15. The minimum absolute atomic E-state index is 0.183. The van der Waals surface area contributed by atoms with E-state index in [0.29, 0.717) is 6.54 Å². The fraction of sp³-hybridized carbons (Fsp3) is 0.400. The second kappa shape index (κ2) is 7.74. The van der Waals surface area contributed by atoms with Crippen LogP contribution in [-0.2, 0) is 0 Å². The van der Waals surface area contributed by atoms with Crippen molar-refractivity contribution in [1.82, 2.24) is 5.32 Å². The zero-order valence-corrected chi connectivity index (χ0v) is 9.72. The average molecular weight is 215 g/mol. The van der Waals surface area contributed by atoms with E-state index < -0.39 is 6.10 Å². The first-order valence-corrected chi connectivity index (χ1v) is 5.59. The maximum absolute atomic E-state index is 9.47. The molecule has 3 N–H and O–H groups in total. The Kier molecular flexibility index (Phi) is 7.40. The molecule has 0 bridgehead atoms. The summed E-state index contributed by atoms with van der Waals surface area (Å²) >= 11 is 0. The van der Waals surface area contributed by atoms with Gasteiger partial charge in [0.25, 0.3) is 0 Å². The van der Waals surface area contributed by atoms with Gasteiger partial charge in [0.1, 0.15) is 5.75 Å². The molecule has 0 saturated heterocycles. The Hall–Kier alpha value is -0.630. The Morgan fingerprint density at radius 3 is 2.57 bits per heavy atom. The van der Waals surface area contributed by atoms with Crippen LogP contribution in [0.4, 0.5) is 0 Å². The summed E-state index contributed by atoms with van der Waals surface area (Å²) in [5.74, 6) is 0.183. The molecule has 4 heteroatoms. The molecule has 0 aliphatic carbocycles. The van der Waals surface area contributed by atoms with E-state index in [-0.39, 0.29) is 5.75 Å². The second-order valence-electron chi connectivity index (χ2n) is 2.67. The van der Waals surface area contributed by atoms with E-state index in [1.165, 1.54) is 0 Å². The predicted octanol–water partition coefficient (Wildman–Crippen LogP) is 1.14. The van der Waals surface area contributed by atoms with Gasteiger partial charge < -0.3 is 15.5 Å². The Morgan fingerprint density at radius 2 is 2.07 bits per heavy atom. The number of hydrogen-bond donors (Lipinski definition) is 3. The molecule has 0 aliphatic rings. The molecular weight excluding hydrogens is 197 g/mol. The first-order chi connectivity index (χ1) is 6.74. The van der Waals surface area contributed by atoms with Crippen molar-refractivity contribution >= 4 is 9.24 Å². The molecule has 80 valence electrons. The molecule has 0 spiro atoms. The van der Waals surface area contributed by atoms with Gasteiger partial charge in [-0.2, -0.15) is 0 Å². The molecule has 0 saturated carbocycles. The van der Waals surface area contributed by atoms with Gasteiger partial charge in [-0.3, -0.25) is 0 Å². The van der Waals surface area contributed by atoms with Crippen LogP contribution < -0.4 is 5.32 Å². The molecule has 2 atom stereocenters. The zero-order chi connectivity index (χ0) is 11.0. The molecule has 0 aromatic heterocycles. The summed E-state index contributed by atoms with van der Waals surface area (Å²) in [4.78, 5) is 0. The molecule has 0 aliphatic heterocycles. The summed E-state index contributed by atoms with van der Waals surface area (Å²) in [5, 5.41) is 21.4. The summed E-state index contributed by atoms with van der Waals surface area (Å²) in [6, 6.07) is 6.63. The van der Waals surface area contributed by atoms with Crippen LogP contribution in [0.15, 0.2) is 24.3 Å². The fourth-order valence-electron chi connectivity index (χ4n) is 1.04. The van der Waals surface area contributed by atoms with Crippen molar-refractivity contribution in [3.05, 3.63) is 29.8 Å². The summed E-state index contributed by atoms with van der Waals surface area (Å²) in [7, 11) is 4.19. The Balaban J connectivity index is 0.000000791. The largest absolute Gasteiger partial charge is 0.508 e. The number of likely N-dealkylation sites (N-methyl/N-ethyl adjacent to an activating group) is 1. The van der Waals surface area contributed by atoms with Crippen LogP contribution in [-0.4, -0.2) is 30.5 Å². The third-order valence-corrected chi connectivity index (χ3v) is 1.65. The van der Waals surface area contributed by atoms with Crippen molar-refractivity contribution in [2.75, 3.05) is 20.3 Å². The van der Waals surface area contributed by atoms with Crippen molar-refractivity contribution in [3.63, 3.8) is 0 Å². The van der Waals surface area contributed by atoms with Crippen molar-refractivity contribution in [2.45, 2.75) is 6.10 Å². The Bertz CT molecular complexity index is 256. The van der Waals surface area contributed by atoms with Crippen molar-refractivity contribution in [3.8, 4) is 5.75 Å². The number of aliphatic hydroxyl groups excluding tert-OH is 1. The van der Waals surface area contributed by atoms with Crippen LogP contribution in [0.2, 0.25) is 0 Å². The molecule has 3 nitrogen and oxygen atoms in total. The van der Waals surface area contributed by atoms with E-state index in [4.69, 9.17) is 5.11 Å². The number of rotatable bonds is 3. The first kappa shape index (κ1) is 13.4. The lowest BCUT2D eigenvalue weighted by Gasteiger charge is -2.09. The lowest BCUT2D eigenvalue weighted by Crippen LogP contribution is -2.16. The van der Waals surface area contributed by atoms with Gasteiger partial charge in [0.15, 0.2) is 0 Å². The SMILES string of the molecule is CNCC(O)c1cccc(O)c1.CP. The predicted molar refractivity (Wildman–Crippen MR) is 62.6 cm³/mol.